The van der Waals surface area contributed by atoms with Crippen LogP contribution in [-0.2, 0) is 0 Å². The van der Waals surface area contributed by atoms with E-state index in [9.17, 15) is 0 Å². The molecule has 2 rings (SSSR count). The molecule has 0 saturated heterocycles. The van der Waals surface area contributed by atoms with Crippen LogP contribution < -0.4 is 5.73 Å². The minimum atomic E-state index is 0.0207. The van der Waals surface area contributed by atoms with Gasteiger partial charge in [0, 0.05) is 5.92 Å². The van der Waals surface area contributed by atoms with Gasteiger partial charge in [-0.1, -0.05) is 19.3 Å². The zero-order valence-electron chi connectivity index (χ0n) is 8.83. The van der Waals surface area contributed by atoms with Gasteiger partial charge in [-0.05, 0) is 31.9 Å². The second-order valence-electron chi connectivity index (χ2n) is 4.36. The maximum absolute atomic E-state index is 5.76. The monoisotopic (exact) mass is 193 g/mol. The van der Waals surface area contributed by atoms with Crippen LogP contribution in [0.5, 0.6) is 0 Å². The molecular formula is C12H19NO. The Labute approximate surface area is 85.5 Å². The molecule has 0 aliphatic heterocycles. The fraction of sp³-hybridized carbons (Fsp3) is 0.667. The summed E-state index contributed by atoms with van der Waals surface area (Å²) < 4.78 is 5.76. The van der Waals surface area contributed by atoms with E-state index in [4.69, 9.17) is 10.2 Å². The molecule has 0 spiro atoms. The predicted octanol–water partition coefficient (Wildman–Crippen LogP) is 3.35. The van der Waals surface area contributed by atoms with Crippen molar-refractivity contribution < 1.29 is 4.42 Å². The van der Waals surface area contributed by atoms with E-state index in [-0.39, 0.29) is 6.04 Å². The maximum Gasteiger partial charge on any atom is 0.120 e. The maximum atomic E-state index is 5.76. The summed E-state index contributed by atoms with van der Waals surface area (Å²) in [5, 5.41) is 0. The predicted molar refractivity (Wildman–Crippen MR) is 57.1 cm³/mol. The van der Waals surface area contributed by atoms with E-state index < -0.39 is 0 Å². The first kappa shape index (κ1) is 9.78. The minimum Gasteiger partial charge on any atom is -0.464 e. The minimum absolute atomic E-state index is 0.0207. The Morgan fingerprint density at radius 3 is 2.57 bits per heavy atom. The molecule has 2 N–H and O–H groups in total. The molecule has 78 valence electrons. The van der Waals surface area contributed by atoms with Gasteiger partial charge in [-0.15, -0.1) is 0 Å². The van der Waals surface area contributed by atoms with E-state index in [1.54, 1.807) is 0 Å². The SMILES string of the molecule is CC(N)c1ccc(C2CCCCC2)o1. The van der Waals surface area contributed by atoms with E-state index in [0.29, 0.717) is 5.92 Å². The normalized spacial score (nSPS) is 21.0. The lowest BCUT2D eigenvalue weighted by molar-refractivity contribution is 0.355. The molecule has 1 saturated carbocycles. The third kappa shape index (κ3) is 2.01. The molecule has 0 bridgehead atoms. The molecule has 1 aliphatic carbocycles. The lowest BCUT2D eigenvalue weighted by atomic mass is 9.88. The molecule has 2 nitrogen and oxygen atoms in total. The Kier molecular flexibility index (Phi) is 2.92. The second kappa shape index (κ2) is 4.18. The van der Waals surface area contributed by atoms with E-state index in [1.807, 2.05) is 13.0 Å². The van der Waals surface area contributed by atoms with Crippen molar-refractivity contribution >= 4 is 0 Å². The van der Waals surface area contributed by atoms with Crippen LogP contribution in [0.25, 0.3) is 0 Å². The number of hydrogen-bond acceptors (Lipinski definition) is 2. The third-order valence-electron chi connectivity index (χ3n) is 3.10. The number of hydrogen-bond donors (Lipinski definition) is 1. The Hall–Kier alpha value is -0.760. The first-order valence-corrected chi connectivity index (χ1v) is 5.62. The molecule has 1 fully saturated rings. The number of furan rings is 1. The van der Waals surface area contributed by atoms with Crippen molar-refractivity contribution in [3.05, 3.63) is 23.7 Å². The van der Waals surface area contributed by atoms with Crippen molar-refractivity contribution in [1.29, 1.82) is 0 Å². The van der Waals surface area contributed by atoms with Crippen LogP contribution in [0.15, 0.2) is 16.5 Å². The summed E-state index contributed by atoms with van der Waals surface area (Å²) in [4.78, 5) is 0. The second-order valence-corrected chi connectivity index (χ2v) is 4.36. The fourth-order valence-electron chi connectivity index (χ4n) is 2.22. The van der Waals surface area contributed by atoms with Crippen molar-refractivity contribution in [3.63, 3.8) is 0 Å². The smallest absolute Gasteiger partial charge is 0.120 e. The topological polar surface area (TPSA) is 39.2 Å². The molecule has 1 aromatic heterocycles. The van der Waals surface area contributed by atoms with Crippen LogP contribution in [0.1, 0.15) is 62.5 Å². The lowest BCUT2D eigenvalue weighted by Gasteiger charge is -2.19. The van der Waals surface area contributed by atoms with Crippen molar-refractivity contribution in [1.82, 2.24) is 0 Å². The van der Waals surface area contributed by atoms with E-state index in [2.05, 4.69) is 6.07 Å². The highest BCUT2D eigenvalue weighted by molar-refractivity contribution is 5.13. The molecule has 1 heterocycles. The molecule has 14 heavy (non-hydrogen) atoms. The summed E-state index contributed by atoms with van der Waals surface area (Å²) >= 11 is 0. The van der Waals surface area contributed by atoms with Crippen LogP contribution in [0.2, 0.25) is 0 Å². The van der Waals surface area contributed by atoms with Crippen LogP contribution >= 0.6 is 0 Å². The molecule has 1 aliphatic rings. The largest absolute Gasteiger partial charge is 0.464 e. The summed E-state index contributed by atoms with van der Waals surface area (Å²) in [5.41, 5.74) is 5.76. The quantitative estimate of drug-likeness (QED) is 0.782. The van der Waals surface area contributed by atoms with Gasteiger partial charge in [0.2, 0.25) is 0 Å². The molecule has 2 heteroatoms. The van der Waals surface area contributed by atoms with Gasteiger partial charge in [-0.2, -0.15) is 0 Å². The summed E-state index contributed by atoms with van der Waals surface area (Å²) in [6.45, 7) is 1.96. The van der Waals surface area contributed by atoms with Gasteiger partial charge >= 0.3 is 0 Å². The van der Waals surface area contributed by atoms with Crippen LogP contribution in [-0.4, -0.2) is 0 Å². The highest BCUT2D eigenvalue weighted by Crippen LogP contribution is 2.34. The van der Waals surface area contributed by atoms with Crippen LogP contribution in [0.4, 0.5) is 0 Å². The number of nitrogens with two attached hydrogens (primary N) is 1. The average Bonchev–Trinajstić information content (AvgIpc) is 2.68. The molecule has 1 unspecified atom stereocenters. The Morgan fingerprint density at radius 1 is 1.29 bits per heavy atom. The molecule has 1 aromatic rings. The van der Waals surface area contributed by atoms with E-state index in [0.717, 1.165) is 11.5 Å². The molecule has 1 atom stereocenters. The van der Waals surface area contributed by atoms with Crippen molar-refractivity contribution in [2.75, 3.05) is 0 Å². The van der Waals surface area contributed by atoms with Crippen molar-refractivity contribution in [3.8, 4) is 0 Å². The van der Waals surface area contributed by atoms with E-state index in [1.165, 1.54) is 32.1 Å². The number of rotatable bonds is 2. The average molecular weight is 193 g/mol. The third-order valence-corrected chi connectivity index (χ3v) is 3.10. The van der Waals surface area contributed by atoms with Gasteiger partial charge in [0.05, 0.1) is 6.04 Å². The van der Waals surface area contributed by atoms with Gasteiger partial charge < -0.3 is 10.2 Å². The Bertz CT molecular complexity index is 284. The summed E-state index contributed by atoms with van der Waals surface area (Å²) in [6, 6.07) is 4.15. The van der Waals surface area contributed by atoms with Gasteiger partial charge in [0.1, 0.15) is 11.5 Å². The summed E-state index contributed by atoms with van der Waals surface area (Å²) in [6.07, 6.45) is 6.65. The van der Waals surface area contributed by atoms with Gasteiger partial charge in [0.25, 0.3) is 0 Å². The zero-order chi connectivity index (χ0) is 9.97. The fourth-order valence-corrected chi connectivity index (χ4v) is 2.22. The van der Waals surface area contributed by atoms with Crippen molar-refractivity contribution in [2.24, 2.45) is 5.73 Å². The molecular weight excluding hydrogens is 174 g/mol. The first-order valence-electron chi connectivity index (χ1n) is 5.62. The van der Waals surface area contributed by atoms with Crippen LogP contribution in [0.3, 0.4) is 0 Å². The van der Waals surface area contributed by atoms with Gasteiger partial charge in [-0.3, -0.25) is 0 Å². The van der Waals surface area contributed by atoms with Crippen molar-refractivity contribution in [2.45, 2.75) is 51.0 Å². The standard InChI is InChI=1S/C12H19NO/c1-9(13)11-7-8-12(14-11)10-5-3-2-4-6-10/h7-10H,2-6,13H2,1H3. The molecule has 0 aromatic carbocycles. The zero-order valence-corrected chi connectivity index (χ0v) is 8.83. The van der Waals surface area contributed by atoms with Gasteiger partial charge in [-0.25, -0.2) is 0 Å². The van der Waals surface area contributed by atoms with Crippen LogP contribution in [0, 0.1) is 0 Å². The summed E-state index contributed by atoms with van der Waals surface area (Å²) in [7, 11) is 0. The first-order chi connectivity index (χ1) is 6.77. The Morgan fingerprint density at radius 2 is 2.00 bits per heavy atom. The van der Waals surface area contributed by atoms with Gasteiger partial charge in [0.15, 0.2) is 0 Å². The highest BCUT2D eigenvalue weighted by atomic mass is 16.3. The lowest BCUT2D eigenvalue weighted by Crippen LogP contribution is -2.04. The highest BCUT2D eigenvalue weighted by Gasteiger charge is 2.19. The molecule has 0 radical (unpaired) electrons. The summed E-state index contributed by atoms with van der Waals surface area (Å²) in [5.74, 6) is 2.72. The van der Waals surface area contributed by atoms with E-state index >= 15 is 0 Å². The molecule has 0 amide bonds. The Balaban J connectivity index is 2.07.